The van der Waals surface area contributed by atoms with Crippen molar-refractivity contribution in [1.29, 1.82) is 0 Å². The van der Waals surface area contributed by atoms with Crippen molar-refractivity contribution >= 4 is 5.91 Å². The standard InChI is InChI=1S/C20H23N3O4/c1-3-4-11-23(20(24)17-9-6-13-26-17)12-10-18-21-19(22-27-18)15-7-5-8-16(14-15)25-2/h5-9,13-14H,3-4,10-12H2,1-2H3. The van der Waals surface area contributed by atoms with E-state index >= 15 is 0 Å². The summed E-state index contributed by atoms with van der Waals surface area (Å²) in [4.78, 5) is 18.8. The van der Waals surface area contributed by atoms with Gasteiger partial charge in [0, 0.05) is 25.1 Å². The van der Waals surface area contributed by atoms with Crippen molar-refractivity contribution < 1.29 is 18.5 Å². The van der Waals surface area contributed by atoms with Gasteiger partial charge in [-0.1, -0.05) is 30.6 Å². The van der Waals surface area contributed by atoms with Crippen LogP contribution in [-0.2, 0) is 6.42 Å². The number of nitrogens with zero attached hydrogens (tertiary/aromatic N) is 3. The quantitative estimate of drug-likeness (QED) is 0.570. The molecule has 0 atom stereocenters. The van der Waals surface area contributed by atoms with E-state index in [1.807, 2.05) is 24.3 Å². The smallest absolute Gasteiger partial charge is 0.289 e. The van der Waals surface area contributed by atoms with Crippen molar-refractivity contribution in [3.63, 3.8) is 0 Å². The summed E-state index contributed by atoms with van der Waals surface area (Å²) < 4.78 is 15.8. The fourth-order valence-corrected chi connectivity index (χ4v) is 2.69. The molecule has 0 aliphatic rings. The van der Waals surface area contributed by atoms with Crippen LogP contribution in [0.15, 0.2) is 51.6 Å². The number of carbonyl (C=O) groups is 1. The third-order valence-corrected chi connectivity index (χ3v) is 4.19. The Bertz CT molecular complexity index is 858. The number of carbonyl (C=O) groups excluding carboxylic acids is 1. The predicted octanol–water partition coefficient (Wildman–Crippen LogP) is 3.82. The van der Waals surface area contributed by atoms with Gasteiger partial charge in [-0.25, -0.2) is 0 Å². The Morgan fingerprint density at radius 1 is 1.22 bits per heavy atom. The Balaban J connectivity index is 1.66. The molecule has 0 saturated carbocycles. The van der Waals surface area contributed by atoms with Gasteiger partial charge in [-0.2, -0.15) is 4.98 Å². The molecule has 27 heavy (non-hydrogen) atoms. The van der Waals surface area contributed by atoms with E-state index in [1.54, 1.807) is 24.1 Å². The lowest BCUT2D eigenvalue weighted by Gasteiger charge is -2.20. The highest BCUT2D eigenvalue weighted by Crippen LogP contribution is 2.21. The maximum Gasteiger partial charge on any atom is 0.289 e. The van der Waals surface area contributed by atoms with Gasteiger partial charge in [0.25, 0.3) is 5.91 Å². The first kappa shape index (κ1) is 18.7. The molecule has 1 aromatic carbocycles. The van der Waals surface area contributed by atoms with Gasteiger partial charge in [0.2, 0.25) is 11.7 Å². The Kier molecular flexibility index (Phi) is 6.25. The molecular formula is C20H23N3O4. The summed E-state index contributed by atoms with van der Waals surface area (Å²) in [6.07, 6.45) is 3.91. The average Bonchev–Trinajstić information content (AvgIpc) is 3.40. The van der Waals surface area contributed by atoms with Crippen LogP contribution in [0.1, 0.15) is 36.2 Å². The van der Waals surface area contributed by atoms with Crippen molar-refractivity contribution in [1.82, 2.24) is 15.0 Å². The molecular weight excluding hydrogens is 346 g/mol. The molecule has 3 aromatic rings. The summed E-state index contributed by atoms with van der Waals surface area (Å²) in [5.41, 5.74) is 0.818. The van der Waals surface area contributed by atoms with E-state index < -0.39 is 0 Å². The molecule has 0 bridgehead atoms. The van der Waals surface area contributed by atoms with Gasteiger partial charge in [0.1, 0.15) is 5.75 Å². The molecule has 1 amide bonds. The number of unbranched alkanes of at least 4 members (excludes halogenated alkanes) is 1. The van der Waals surface area contributed by atoms with Gasteiger partial charge in [-0.3, -0.25) is 4.79 Å². The van der Waals surface area contributed by atoms with E-state index in [4.69, 9.17) is 13.7 Å². The van der Waals surface area contributed by atoms with Gasteiger partial charge in [0.15, 0.2) is 5.76 Å². The predicted molar refractivity (Wildman–Crippen MR) is 99.5 cm³/mol. The van der Waals surface area contributed by atoms with Crippen molar-refractivity contribution in [2.75, 3.05) is 20.2 Å². The van der Waals surface area contributed by atoms with Crippen LogP contribution < -0.4 is 4.74 Å². The minimum atomic E-state index is -0.124. The molecule has 0 N–H and O–H groups in total. The summed E-state index contributed by atoms with van der Waals surface area (Å²) in [7, 11) is 1.61. The maximum absolute atomic E-state index is 12.6. The summed E-state index contributed by atoms with van der Waals surface area (Å²) >= 11 is 0. The highest BCUT2D eigenvalue weighted by atomic mass is 16.5. The molecule has 142 valence electrons. The van der Waals surface area contributed by atoms with Crippen LogP contribution >= 0.6 is 0 Å². The fraction of sp³-hybridized carbons (Fsp3) is 0.350. The zero-order valence-electron chi connectivity index (χ0n) is 15.6. The highest BCUT2D eigenvalue weighted by Gasteiger charge is 2.19. The number of hydrogen-bond acceptors (Lipinski definition) is 6. The molecule has 2 aromatic heterocycles. The largest absolute Gasteiger partial charge is 0.497 e. The lowest BCUT2D eigenvalue weighted by atomic mass is 10.2. The van der Waals surface area contributed by atoms with Crippen LogP contribution in [-0.4, -0.2) is 41.1 Å². The number of hydrogen-bond donors (Lipinski definition) is 0. The maximum atomic E-state index is 12.6. The first-order valence-corrected chi connectivity index (χ1v) is 9.01. The van der Waals surface area contributed by atoms with Crippen molar-refractivity contribution in [2.45, 2.75) is 26.2 Å². The molecule has 0 aliphatic heterocycles. The van der Waals surface area contributed by atoms with E-state index in [1.165, 1.54) is 6.26 Å². The lowest BCUT2D eigenvalue weighted by molar-refractivity contribution is 0.0720. The number of aromatic nitrogens is 2. The Morgan fingerprint density at radius 2 is 2.11 bits per heavy atom. The summed E-state index contributed by atoms with van der Waals surface area (Å²) in [6, 6.07) is 10.9. The molecule has 3 rings (SSSR count). The van der Waals surface area contributed by atoms with Gasteiger partial charge < -0.3 is 18.6 Å². The third kappa shape index (κ3) is 4.75. The molecule has 0 unspecified atom stereocenters. The van der Waals surface area contributed by atoms with E-state index in [-0.39, 0.29) is 5.91 Å². The lowest BCUT2D eigenvalue weighted by Crippen LogP contribution is -2.33. The normalized spacial score (nSPS) is 10.7. The molecule has 0 fully saturated rings. The van der Waals surface area contributed by atoms with Crippen LogP contribution in [0.4, 0.5) is 0 Å². The van der Waals surface area contributed by atoms with Crippen molar-refractivity contribution in [2.24, 2.45) is 0 Å². The molecule has 0 radical (unpaired) electrons. The van der Waals surface area contributed by atoms with Gasteiger partial charge in [0.05, 0.1) is 13.4 Å². The topological polar surface area (TPSA) is 81.6 Å². The Labute approximate surface area is 157 Å². The van der Waals surface area contributed by atoms with Crippen LogP contribution in [0.2, 0.25) is 0 Å². The Morgan fingerprint density at radius 3 is 2.85 bits per heavy atom. The zero-order chi connectivity index (χ0) is 19.1. The van der Waals surface area contributed by atoms with E-state index in [0.717, 1.165) is 24.2 Å². The highest BCUT2D eigenvalue weighted by molar-refractivity contribution is 5.91. The van der Waals surface area contributed by atoms with Gasteiger partial charge >= 0.3 is 0 Å². The van der Waals surface area contributed by atoms with E-state index in [0.29, 0.717) is 37.0 Å². The Hall–Kier alpha value is -3.09. The number of amides is 1. The van der Waals surface area contributed by atoms with Crippen LogP contribution in [0.25, 0.3) is 11.4 Å². The van der Waals surface area contributed by atoms with Gasteiger partial charge in [-0.05, 0) is 30.7 Å². The summed E-state index contributed by atoms with van der Waals surface area (Å²) in [5, 5.41) is 4.03. The van der Waals surface area contributed by atoms with E-state index in [2.05, 4.69) is 17.1 Å². The van der Waals surface area contributed by atoms with Crippen LogP contribution in [0.3, 0.4) is 0 Å². The van der Waals surface area contributed by atoms with Crippen LogP contribution in [0.5, 0.6) is 5.75 Å². The molecule has 0 spiro atoms. The number of methoxy groups -OCH3 is 1. The number of ether oxygens (including phenoxy) is 1. The summed E-state index contributed by atoms with van der Waals surface area (Å²) in [6.45, 7) is 3.24. The second-order valence-electron chi connectivity index (χ2n) is 6.12. The number of benzene rings is 1. The van der Waals surface area contributed by atoms with Crippen LogP contribution in [0, 0.1) is 0 Å². The summed E-state index contributed by atoms with van der Waals surface area (Å²) in [5.74, 6) is 1.94. The number of furan rings is 1. The van der Waals surface area contributed by atoms with Gasteiger partial charge in [-0.15, -0.1) is 0 Å². The first-order chi connectivity index (χ1) is 13.2. The molecule has 0 saturated heterocycles. The molecule has 2 heterocycles. The van der Waals surface area contributed by atoms with Crippen molar-refractivity contribution in [3.05, 3.63) is 54.3 Å². The minimum absolute atomic E-state index is 0.124. The monoisotopic (exact) mass is 369 g/mol. The second kappa shape index (κ2) is 9.02. The SMILES string of the molecule is CCCCN(CCc1nc(-c2cccc(OC)c2)no1)C(=O)c1ccco1. The molecule has 7 heteroatoms. The minimum Gasteiger partial charge on any atom is -0.497 e. The second-order valence-corrected chi connectivity index (χ2v) is 6.12. The average molecular weight is 369 g/mol. The number of rotatable bonds is 9. The van der Waals surface area contributed by atoms with E-state index in [9.17, 15) is 4.79 Å². The molecule has 7 nitrogen and oxygen atoms in total. The first-order valence-electron chi connectivity index (χ1n) is 9.01. The third-order valence-electron chi connectivity index (χ3n) is 4.19. The van der Waals surface area contributed by atoms with Crippen molar-refractivity contribution in [3.8, 4) is 17.1 Å². The zero-order valence-corrected chi connectivity index (χ0v) is 15.6. The fourth-order valence-electron chi connectivity index (χ4n) is 2.69. The molecule has 0 aliphatic carbocycles.